The van der Waals surface area contributed by atoms with Gasteiger partial charge in [-0.15, -0.1) is 0 Å². The monoisotopic (exact) mass is 332 g/mol. The van der Waals surface area contributed by atoms with Crippen LogP contribution in [0.15, 0.2) is 16.6 Å². The summed E-state index contributed by atoms with van der Waals surface area (Å²) < 4.78 is 19.3. The zero-order chi connectivity index (χ0) is 13.8. The first-order valence-corrected chi connectivity index (χ1v) is 7.04. The molecular weight excluding hydrogens is 315 g/mol. The maximum Gasteiger partial charge on any atom is 0.163 e. The van der Waals surface area contributed by atoms with Gasteiger partial charge in [0.1, 0.15) is 6.67 Å². The fraction of sp³-hybridized carbons (Fsp3) is 0.538. The molecule has 1 fully saturated rings. The van der Waals surface area contributed by atoms with Crippen LogP contribution in [0.25, 0.3) is 0 Å². The minimum absolute atomic E-state index is 0.0121. The smallest absolute Gasteiger partial charge is 0.163 e. The van der Waals surface area contributed by atoms with Crippen LogP contribution in [0, 0.1) is 0 Å². The second-order valence-corrected chi connectivity index (χ2v) is 5.32. The van der Waals surface area contributed by atoms with Gasteiger partial charge in [-0.05, 0) is 12.1 Å². The van der Waals surface area contributed by atoms with Gasteiger partial charge in [-0.2, -0.15) is 0 Å². The van der Waals surface area contributed by atoms with Gasteiger partial charge in [-0.25, -0.2) is 4.39 Å². The average Bonchev–Trinajstić information content (AvgIpc) is 2.44. The van der Waals surface area contributed by atoms with Gasteiger partial charge in [0.15, 0.2) is 11.5 Å². The molecular formula is C13H18BrFN2O2. The third-order valence-corrected chi connectivity index (χ3v) is 4.11. The van der Waals surface area contributed by atoms with E-state index in [-0.39, 0.29) is 5.75 Å². The van der Waals surface area contributed by atoms with Crippen molar-refractivity contribution in [1.29, 1.82) is 0 Å². The van der Waals surface area contributed by atoms with E-state index < -0.39 is 12.7 Å². The molecule has 0 amide bonds. The van der Waals surface area contributed by atoms with E-state index in [1.807, 2.05) is 4.90 Å². The van der Waals surface area contributed by atoms with Crippen LogP contribution < -0.4 is 10.1 Å². The van der Waals surface area contributed by atoms with Crippen molar-refractivity contribution in [2.24, 2.45) is 0 Å². The van der Waals surface area contributed by atoms with Crippen molar-refractivity contribution in [2.75, 3.05) is 40.0 Å². The lowest BCUT2D eigenvalue weighted by Gasteiger charge is -2.34. The second-order valence-electron chi connectivity index (χ2n) is 4.47. The lowest BCUT2D eigenvalue weighted by Crippen LogP contribution is -2.45. The number of methoxy groups -OCH3 is 1. The number of piperazine rings is 1. The normalized spacial score (nSPS) is 18.3. The van der Waals surface area contributed by atoms with Crippen molar-refractivity contribution in [2.45, 2.75) is 6.04 Å². The number of nitrogens with zero attached hydrogens (tertiary/aromatic N) is 1. The van der Waals surface area contributed by atoms with Crippen molar-refractivity contribution >= 4 is 15.9 Å². The topological polar surface area (TPSA) is 44.7 Å². The summed E-state index contributed by atoms with van der Waals surface area (Å²) in [7, 11) is 1.49. The highest BCUT2D eigenvalue weighted by atomic mass is 79.9. The first-order valence-electron chi connectivity index (χ1n) is 6.25. The van der Waals surface area contributed by atoms with E-state index in [1.165, 1.54) is 7.11 Å². The Morgan fingerprint density at radius 1 is 1.47 bits per heavy atom. The number of alkyl halides is 1. The molecule has 2 rings (SSSR count). The van der Waals surface area contributed by atoms with Crippen molar-refractivity contribution < 1.29 is 14.2 Å². The largest absolute Gasteiger partial charge is 0.504 e. The summed E-state index contributed by atoms with van der Waals surface area (Å²) in [5.74, 6) is 0.379. The van der Waals surface area contributed by atoms with Gasteiger partial charge >= 0.3 is 0 Å². The molecule has 1 aliphatic heterocycles. The standard InChI is InChI=1S/C13H18BrFN2O2/c1-19-11-3-2-9(14)12(13(11)18)10(8-15)17-6-4-16-5-7-17/h2-3,10,16,18H,4-8H2,1H3/t10-/m1/s1. The summed E-state index contributed by atoms with van der Waals surface area (Å²) in [6, 6.07) is 2.99. The first kappa shape index (κ1) is 14.6. The van der Waals surface area contributed by atoms with Crippen molar-refractivity contribution in [1.82, 2.24) is 10.2 Å². The molecule has 106 valence electrons. The highest BCUT2D eigenvalue weighted by molar-refractivity contribution is 9.10. The minimum atomic E-state index is -0.542. The molecule has 0 radical (unpaired) electrons. The number of ether oxygens (including phenoxy) is 1. The summed E-state index contributed by atoms with van der Waals surface area (Å²) in [4.78, 5) is 2.04. The van der Waals surface area contributed by atoms with E-state index in [0.29, 0.717) is 15.8 Å². The summed E-state index contributed by atoms with van der Waals surface area (Å²) in [5.41, 5.74) is 0.559. The molecule has 1 aromatic rings. The van der Waals surface area contributed by atoms with Crippen LogP contribution in [-0.2, 0) is 0 Å². The molecule has 1 aromatic carbocycles. The summed E-state index contributed by atoms with van der Waals surface area (Å²) in [6.07, 6.45) is 0. The minimum Gasteiger partial charge on any atom is -0.504 e. The molecule has 2 N–H and O–H groups in total. The Bertz CT molecular complexity index is 439. The number of phenolic OH excluding ortho intramolecular Hbond substituents is 1. The fourth-order valence-electron chi connectivity index (χ4n) is 2.40. The average molecular weight is 333 g/mol. The number of aromatic hydroxyl groups is 1. The van der Waals surface area contributed by atoms with E-state index in [2.05, 4.69) is 21.2 Å². The van der Waals surface area contributed by atoms with E-state index in [0.717, 1.165) is 26.2 Å². The highest BCUT2D eigenvalue weighted by Crippen LogP contribution is 2.41. The Kier molecular flexibility index (Phi) is 5.01. The van der Waals surface area contributed by atoms with Crippen LogP contribution in [0.3, 0.4) is 0 Å². The molecule has 1 atom stereocenters. The number of rotatable bonds is 4. The molecule has 0 bridgehead atoms. The molecule has 1 heterocycles. The SMILES string of the molecule is COc1ccc(Br)c([C@@H](CF)N2CCNCC2)c1O. The van der Waals surface area contributed by atoms with Gasteiger partial charge in [0.2, 0.25) is 0 Å². The number of hydrogen-bond donors (Lipinski definition) is 2. The van der Waals surface area contributed by atoms with Crippen molar-refractivity contribution in [3.8, 4) is 11.5 Å². The van der Waals surface area contributed by atoms with Crippen molar-refractivity contribution in [3.63, 3.8) is 0 Å². The zero-order valence-corrected chi connectivity index (χ0v) is 12.4. The molecule has 0 aliphatic carbocycles. The maximum atomic E-state index is 13.5. The zero-order valence-electron chi connectivity index (χ0n) is 10.8. The van der Waals surface area contributed by atoms with Crippen LogP contribution in [-0.4, -0.2) is 50.0 Å². The molecule has 6 heteroatoms. The van der Waals surface area contributed by atoms with Crippen LogP contribution >= 0.6 is 15.9 Å². The first-order chi connectivity index (χ1) is 9.19. The van der Waals surface area contributed by atoms with E-state index >= 15 is 0 Å². The molecule has 1 aliphatic rings. The van der Waals surface area contributed by atoms with Gasteiger partial charge in [0, 0.05) is 36.2 Å². The highest BCUT2D eigenvalue weighted by Gasteiger charge is 2.27. The third-order valence-electron chi connectivity index (χ3n) is 3.42. The number of nitrogens with one attached hydrogen (secondary N) is 1. The molecule has 1 saturated heterocycles. The van der Waals surface area contributed by atoms with Gasteiger partial charge < -0.3 is 15.2 Å². The Morgan fingerprint density at radius 2 is 2.16 bits per heavy atom. The number of hydrogen-bond acceptors (Lipinski definition) is 4. The van der Waals surface area contributed by atoms with Gasteiger partial charge in [-0.1, -0.05) is 15.9 Å². The van der Waals surface area contributed by atoms with Gasteiger partial charge in [-0.3, -0.25) is 4.90 Å². The van der Waals surface area contributed by atoms with E-state index in [4.69, 9.17) is 4.74 Å². The molecule has 19 heavy (non-hydrogen) atoms. The molecule has 4 nitrogen and oxygen atoms in total. The predicted octanol–water partition coefficient (Wildman–Crippen LogP) is 2.08. The maximum absolute atomic E-state index is 13.5. The third kappa shape index (κ3) is 3.01. The van der Waals surface area contributed by atoms with Crippen LogP contribution in [0.4, 0.5) is 4.39 Å². The van der Waals surface area contributed by atoms with Gasteiger partial charge in [0.05, 0.1) is 13.2 Å². The number of benzene rings is 1. The van der Waals surface area contributed by atoms with Crippen LogP contribution in [0.1, 0.15) is 11.6 Å². The number of phenols is 1. The van der Waals surface area contributed by atoms with Crippen LogP contribution in [0.2, 0.25) is 0 Å². The van der Waals surface area contributed by atoms with E-state index in [9.17, 15) is 9.50 Å². The van der Waals surface area contributed by atoms with E-state index in [1.54, 1.807) is 12.1 Å². The Balaban J connectivity index is 2.36. The summed E-state index contributed by atoms with van der Waals surface area (Å²) >= 11 is 3.39. The Labute approximate surface area is 120 Å². The molecule has 0 spiro atoms. The fourth-order valence-corrected chi connectivity index (χ4v) is 2.98. The Morgan fingerprint density at radius 3 is 2.74 bits per heavy atom. The number of halogens is 2. The predicted molar refractivity (Wildman–Crippen MR) is 75.5 cm³/mol. The lowest BCUT2D eigenvalue weighted by atomic mass is 10.0. The van der Waals surface area contributed by atoms with Crippen LogP contribution in [0.5, 0.6) is 11.5 Å². The summed E-state index contributed by atoms with van der Waals surface area (Å²) in [5, 5.41) is 13.5. The lowest BCUT2D eigenvalue weighted by molar-refractivity contribution is 0.144. The van der Waals surface area contributed by atoms with Gasteiger partial charge in [0.25, 0.3) is 0 Å². The molecule has 0 saturated carbocycles. The Hall–Kier alpha value is -0.850. The quantitative estimate of drug-likeness (QED) is 0.886. The van der Waals surface area contributed by atoms with Crippen molar-refractivity contribution in [3.05, 3.63) is 22.2 Å². The molecule has 0 unspecified atom stereocenters. The second kappa shape index (κ2) is 6.54. The summed E-state index contributed by atoms with van der Waals surface area (Å²) in [6.45, 7) is 2.65. The molecule has 0 aromatic heterocycles.